The first-order valence-corrected chi connectivity index (χ1v) is 9.68. The minimum absolute atomic E-state index is 0.0239. The highest BCUT2D eigenvalue weighted by Gasteiger charge is 2.09. The molecule has 0 fully saturated rings. The molecular weight excluding hydrogens is 382 g/mol. The van der Waals surface area contributed by atoms with Gasteiger partial charge in [-0.15, -0.1) is 11.8 Å². The second-order valence-electron chi connectivity index (χ2n) is 6.13. The Morgan fingerprint density at radius 3 is 2.39 bits per heavy atom. The monoisotopic (exact) mass is 405 g/mol. The summed E-state index contributed by atoms with van der Waals surface area (Å²) in [4.78, 5) is 35.3. The van der Waals surface area contributed by atoms with Gasteiger partial charge in [0.15, 0.2) is 5.82 Å². The number of thioether (sulfide) groups is 1. The normalized spacial score (nSPS) is 10.2. The summed E-state index contributed by atoms with van der Waals surface area (Å²) in [5, 5.41) is 9.21. The Hall–Kier alpha value is -3.01. The van der Waals surface area contributed by atoms with Gasteiger partial charge in [-0.25, -0.2) is 0 Å². The molecular formula is C18H23N5O4S. The van der Waals surface area contributed by atoms with E-state index in [0.717, 1.165) is 28.6 Å². The summed E-state index contributed by atoms with van der Waals surface area (Å²) in [6.07, 6.45) is 0. The zero-order valence-electron chi connectivity index (χ0n) is 15.9. The molecule has 1 aromatic heterocycles. The lowest BCUT2D eigenvalue weighted by atomic mass is 10.1. The number of amides is 3. The fourth-order valence-corrected chi connectivity index (χ4v) is 2.87. The SMILES string of the molecule is Cc1ccc(NCC(=O)NNC(=O)CSCC(=O)Nc2cc(C)on2)c(C)c1. The van der Waals surface area contributed by atoms with Gasteiger partial charge in [0.05, 0.1) is 18.1 Å². The zero-order chi connectivity index (χ0) is 20.5. The highest BCUT2D eigenvalue weighted by atomic mass is 32.2. The smallest absolute Gasteiger partial charge is 0.257 e. The Morgan fingerprint density at radius 1 is 1.00 bits per heavy atom. The van der Waals surface area contributed by atoms with Gasteiger partial charge in [0.1, 0.15) is 5.76 Å². The number of aromatic nitrogens is 1. The van der Waals surface area contributed by atoms with Crippen molar-refractivity contribution in [1.82, 2.24) is 16.0 Å². The Morgan fingerprint density at radius 2 is 1.71 bits per heavy atom. The van der Waals surface area contributed by atoms with Crippen LogP contribution in [-0.4, -0.2) is 40.9 Å². The molecule has 0 radical (unpaired) electrons. The predicted molar refractivity (Wildman–Crippen MR) is 108 cm³/mol. The Kier molecular flexibility index (Phi) is 7.88. The molecule has 3 amide bonds. The number of hydrogen-bond acceptors (Lipinski definition) is 7. The molecule has 0 saturated carbocycles. The van der Waals surface area contributed by atoms with Crippen LogP contribution < -0.4 is 21.5 Å². The lowest BCUT2D eigenvalue weighted by Crippen LogP contribution is -2.45. The molecule has 0 saturated heterocycles. The molecule has 0 spiro atoms. The van der Waals surface area contributed by atoms with Crippen LogP contribution in [0.1, 0.15) is 16.9 Å². The number of carbonyl (C=O) groups excluding carboxylic acids is 3. The van der Waals surface area contributed by atoms with E-state index in [1.54, 1.807) is 13.0 Å². The van der Waals surface area contributed by atoms with Crippen molar-refractivity contribution in [2.45, 2.75) is 20.8 Å². The average Bonchev–Trinajstić information content (AvgIpc) is 3.03. The summed E-state index contributed by atoms with van der Waals surface area (Å²) in [6, 6.07) is 7.46. The van der Waals surface area contributed by atoms with Gasteiger partial charge >= 0.3 is 0 Å². The number of carbonyl (C=O) groups is 3. The third-order valence-electron chi connectivity index (χ3n) is 3.52. The molecule has 0 atom stereocenters. The van der Waals surface area contributed by atoms with Crippen LogP contribution in [0, 0.1) is 20.8 Å². The van der Waals surface area contributed by atoms with E-state index >= 15 is 0 Å². The van der Waals surface area contributed by atoms with Gasteiger partial charge in [0, 0.05) is 11.8 Å². The van der Waals surface area contributed by atoms with Gasteiger partial charge in [0.2, 0.25) is 11.8 Å². The Labute approximate surface area is 167 Å². The second-order valence-corrected chi connectivity index (χ2v) is 7.12. The van der Waals surface area contributed by atoms with Gasteiger partial charge in [0.25, 0.3) is 5.91 Å². The minimum atomic E-state index is -0.407. The molecule has 2 aromatic rings. The summed E-state index contributed by atoms with van der Waals surface area (Å²) >= 11 is 1.11. The Balaban J connectivity index is 1.59. The predicted octanol–water partition coefficient (Wildman–Crippen LogP) is 1.53. The van der Waals surface area contributed by atoms with Gasteiger partial charge in [-0.2, -0.15) is 0 Å². The van der Waals surface area contributed by atoms with E-state index in [9.17, 15) is 14.4 Å². The summed E-state index contributed by atoms with van der Waals surface area (Å²) in [5.41, 5.74) is 7.67. The number of anilines is 2. The van der Waals surface area contributed by atoms with Crippen molar-refractivity contribution >= 4 is 41.0 Å². The van der Waals surface area contributed by atoms with E-state index in [-0.39, 0.29) is 29.9 Å². The van der Waals surface area contributed by atoms with Crippen LogP contribution in [0.5, 0.6) is 0 Å². The number of nitrogens with one attached hydrogen (secondary N) is 4. The van der Waals surface area contributed by atoms with Crippen LogP contribution in [-0.2, 0) is 14.4 Å². The first-order valence-electron chi connectivity index (χ1n) is 8.53. The van der Waals surface area contributed by atoms with Gasteiger partial charge in [-0.05, 0) is 32.4 Å². The van der Waals surface area contributed by atoms with Crippen LogP contribution in [0.3, 0.4) is 0 Å². The third-order valence-corrected chi connectivity index (χ3v) is 4.46. The van der Waals surface area contributed by atoms with Gasteiger partial charge < -0.3 is 15.2 Å². The molecule has 150 valence electrons. The number of rotatable bonds is 8. The van der Waals surface area contributed by atoms with Crippen LogP contribution in [0.15, 0.2) is 28.8 Å². The van der Waals surface area contributed by atoms with Crippen molar-refractivity contribution in [3.63, 3.8) is 0 Å². The van der Waals surface area contributed by atoms with Crippen LogP contribution >= 0.6 is 11.8 Å². The first kappa shape index (κ1) is 21.3. The highest BCUT2D eigenvalue weighted by molar-refractivity contribution is 8.00. The molecule has 10 heteroatoms. The minimum Gasteiger partial charge on any atom is -0.376 e. The number of aryl methyl sites for hydroxylation is 3. The molecule has 0 aliphatic carbocycles. The summed E-state index contributed by atoms with van der Waals surface area (Å²) < 4.78 is 4.84. The molecule has 9 nitrogen and oxygen atoms in total. The van der Waals surface area contributed by atoms with E-state index < -0.39 is 5.91 Å². The average molecular weight is 405 g/mol. The maximum Gasteiger partial charge on any atom is 0.257 e. The van der Waals surface area contributed by atoms with Crippen LogP contribution in [0.2, 0.25) is 0 Å². The lowest BCUT2D eigenvalue weighted by molar-refractivity contribution is -0.126. The molecule has 0 bridgehead atoms. The summed E-state index contributed by atoms with van der Waals surface area (Å²) in [6.45, 7) is 5.69. The first-order chi connectivity index (χ1) is 13.3. The van der Waals surface area contributed by atoms with Crippen LogP contribution in [0.25, 0.3) is 0 Å². The van der Waals surface area contributed by atoms with Gasteiger partial charge in [-0.1, -0.05) is 22.9 Å². The zero-order valence-corrected chi connectivity index (χ0v) is 16.7. The van der Waals surface area contributed by atoms with Crippen molar-refractivity contribution < 1.29 is 18.9 Å². The quantitative estimate of drug-likeness (QED) is 0.491. The van der Waals surface area contributed by atoms with Crippen LogP contribution in [0.4, 0.5) is 11.5 Å². The van der Waals surface area contributed by atoms with E-state index in [0.29, 0.717) is 11.6 Å². The molecule has 1 heterocycles. The topological polar surface area (TPSA) is 125 Å². The van der Waals surface area contributed by atoms with Crippen molar-refractivity contribution in [2.75, 3.05) is 28.7 Å². The molecule has 4 N–H and O–H groups in total. The van der Waals surface area contributed by atoms with E-state index in [1.807, 2.05) is 32.0 Å². The fourth-order valence-electron chi connectivity index (χ4n) is 2.25. The Bertz CT molecular complexity index is 852. The third kappa shape index (κ3) is 7.31. The molecule has 0 unspecified atom stereocenters. The number of nitrogens with zero attached hydrogens (tertiary/aromatic N) is 1. The van der Waals surface area contributed by atoms with Crippen molar-refractivity contribution in [2.24, 2.45) is 0 Å². The van der Waals surface area contributed by atoms with Crippen molar-refractivity contribution in [1.29, 1.82) is 0 Å². The molecule has 0 aliphatic rings. The summed E-state index contributed by atoms with van der Waals surface area (Å²) in [5.74, 6) is -0.0705. The molecule has 1 aromatic carbocycles. The number of hydrazine groups is 1. The molecule has 0 aliphatic heterocycles. The lowest BCUT2D eigenvalue weighted by Gasteiger charge is -2.11. The van der Waals surface area contributed by atoms with Crippen molar-refractivity contribution in [3.05, 3.63) is 41.2 Å². The maximum absolute atomic E-state index is 11.8. The largest absolute Gasteiger partial charge is 0.376 e. The second kappa shape index (κ2) is 10.4. The number of benzene rings is 1. The standard InChI is InChI=1S/C18H23N5O4S/c1-11-4-5-14(12(2)6-11)19-8-16(24)21-22-18(26)10-28-9-17(25)20-15-7-13(3)27-23-15/h4-7,19H,8-10H2,1-3H3,(H,21,24)(H,22,26)(H,20,23,25). The van der Waals surface area contributed by atoms with E-state index in [4.69, 9.17) is 4.52 Å². The maximum atomic E-state index is 11.8. The van der Waals surface area contributed by atoms with Gasteiger partial charge in [-0.3, -0.25) is 25.2 Å². The fraction of sp³-hybridized carbons (Fsp3) is 0.333. The summed E-state index contributed by atoms with van der Waals surface area (Å²) in [7, 11) is 0. The molecule has 28 heavy (non-hydrogen) atoms. The highest BCUT2D eigenvalue weighted by Crippen LogP contribution is 2.15. The molecule has 2 rings (SSSR count). The van der Waals surface area contributed by atoms with E-state index in [2.05, 4.69) is 26.6 Å². The van der Waals surface area contributed by atoms with Crippen molar-refractivity contribution in [3.8, 4) is 0 Å². The number of hydrogen-bond donors (Lipinski definition) is 4. The van der Waals surface area contributed by atoms with E-state index in [1.165, 1.54) is 0 Å².